The maximum absolute atomic E-state index is 13.9. The molecule has 0 aliphatic carbocycles. The first-order valence-corrected chi connectivity index (χ1v) is 12.8. The monoisotopic (exact) mass is 490 g/mol. The van der Waals surface area contributed by atoms with Crippen molar-refractivity contribution in [2.24, 2.45) is 5.73 Å². The van der Waals surface area contributed by atoms with Crippen molar-refractivity contribution >= 4 is 11.8 Å². The first kappa shape index (κ1) is 25.6. The highest BCUT2D eigenvalue weighted by Gasteiger charge is 2.47. The molecule has 2 N–H and O–H groups in total. The number of hydrogen-bond donors (Lipinski definition) is 1. The molecule has 0 saturated carbocycles. The minimum Gasteiger partial charge on any atom is -0.370 e. The summed E-state index contributed by atoms with van der Waals surface area (Å²) in [6.07, 6.45) is 9.06. The van der Waals surface area contributed by atoms with Crippen LogP contribution in [0.2, 0.25) is 0 Å². The van der Waals surface area contributed by atoms with Crippen LogP contribution in [0.5, 0.6) is 0 Å². The van der Waals surface area contributed by atoms with Gasteiger partial charge in [-0.05, 0) is 36.1 Å². The molecule has 2 amide bonds. The van der Waals surface area contributed by atoms with E-state index >= 15 is 0 Å². The Bertz CT molecular complexity index is 1150. The molecule has 3 aromatic rings. The molecule has 2 aromatic carbocycles. The Hall–Kier alpha value is -3.48. The molecule has 190 valence electrons. The number of imidazole rings is 1. The maximum Gasteiger partial charge on any atom is 0.246 e. The molecule has 7 heteroatoms. The third-order valence-corrected chi connectivity index (χ3v) is 7.21. The molecule has 1 aliphatic heterocycles. The normalized spacial score (nSPS) is 15.3. The van der Waals surface area contributed by atoms with Gasteiger partial charge in [0, 0.05) is 37.5 Å². The standard InChI is InChI=1S/C29H35FN4O2/c1-2-3-7-16-29(23-8-5-4-6-9-23)19-34(20-29)28(36)26(17-22-10-12-24(30)13-11-22)33-18-25(32-21-33)14-15-27(31)35/h4-6,8-13,18,21,26H,2-3,7,14-17,19-20H2,1H3,(H2,31,35)/t26-/m1/s1. The second-order valence-corrected chi connectivity index (χ2v) is 9.92. The number of nitrogens with zero attached hydrogens (tertiary/aromatic N) is 3. The number of nitrogens with two attached hydrogens (primary N) is 1. The molecule has 6 nitrogen and oxygen atoms in total. The lowest BCUT2D eigenvalue weighted by molar-refractivity contribution is -0.143. The zero-order valence-corrected chi connectivity index (χ0v) is 20.9. The van der Waals surface area contributed by atoms with Crippen molar-refractivity contribution < 1.29 is 14.0 Å². The van der Waals surface area contributed by atoms with Gasteiger partial charge in [0.25, 0.3) is 0 Å². The van der Waals surface area contributed by atoms with Gasteiger partial charge in [0.1, 0.15) is 11.9 Å². The van der Waals surface area contributed by atoms with Crippen molar-refractivity contribution in [1.29, 1.82) is 0 Å². The quantitative estimate of drug-likeness (QED) is 0.377. The number of carbonyl (C=O) groups is 2. The lowest BCUT2D eigenvalue weighted by Crippen LogP contribution is -2.62. The molecule has 36 heavy (non-hydrogen) atoms. The number of unbranched alkanes of at least 4 members (excludes halogenated alkanes) is 2. The second kappa shape index (κ2) is 11.5. The Kier molecular flexibility index (Phi) is 8.18. The number of halogens is 1. The fraction of sp³-hybridized carbons (Fsp3) is 0.414. The van der Waals surface area contributed by atoms with Crippen LogP contribution in [0, 0.1) is 5.82 Å². The van der Waals surface area contributed by atoms with Crippen molar-refractivity contribution in [2.45, 2.75) is 63.3 Å². The van der Waals surface area contributed by atoms with E-state index in [4.69, 9.17) is 5.73 Å². The van der Waals surface area contributed by atoms with Crippen LogP contribution in [-0.4, -0.2) is 39.4 Å². The van der Waals surface area contributed by atoms with Gasteiger partial charge in [0.15, 0.2) is 0 Å². The average Bonchev–Trinajstić information content (AvgIpc) is 3.33. The maximum atomic E-state index is 13.9. The highest BCUT2D eigenvalue weighted by Crippen LogP contribution is 2.40. The SMILES string of the molecule is CCCCCC1(c2ccccc2)CN(C(=O)[C@@H](Cc2ccc(F)cc2)n2cnc(CCC(N)=O)c2)C1. The van der Waals surface area contributed by atoms with Crippen molar-refractivity contribution in [3.05, 3.63) is 89.8 Å². The molecule has 0 bridgehead atoms. The number of amides is 2. The topological polar surface area (TPSA) is 81.2 Å². The number of primary amides is 1. The highest BCUT2D eigenvalue weighted by molar-refractivity contribution is 5.82. The van der Waals surface area contributed by atoms with Crippen LogP contribution >= 0.6 is 0 Å². The fourth-order valence-corrected chi connectivity index (χ4v) is 5.14. The van der Waals surface area contributed by atoms with Gasteiger partial charge in [-0.15, -0.1) is 0 Å². The van der Waals surface area contributed by atoms with Gasteiger partial charge in [-0.1, -0.05) is 68.7 Å². The van der Waals surface area contributed by atoms with Crippen LogP contribution < -0.4 is 5.73 Å². The first-order chi connectivity index (χ1) is 17.4. The summed E-state index contributed by atoms with van der Waals surface area (Å²) in [7, 11) is 0. The van der Waals surface area contributed by atoms with Crippen LogP contribution in [-0.2, 0) is 27.8 Å². The number of likely N-dealkylation sites (tertiary alicyclic amines) is 1. The first-order valence-electron chi connectivity index (χ1n) is 12.8. The van der Waals surface area contributed by atoms with E-state index in [0.29, 0.717) is 31.6 Å². The van der Waals surface area contributed by atoms with E-state index < -0.39 is 6.04 Å². The number of carbonyl (C=O) groups excluding carboxylic acids is 2. The molecule has 4 rings (SSSR count). The van der Waals surface area contributed by atoms with Crippen molar-refractivity contribution in [3.8, 4) is 0 Å². The Morgan fingerprint density at radius 2 is 1.81 bits per heavy atom. The zero-order chi connectivity index (χ0) is 25.5. The molecular weight excluding hydrogens is 455 g/mol. The molecule has 1 fully saturated rings. The van der Waals surface area contributed by atoms with Gasteiger partial charge in [0.2, 0.25) is 11.8 Å². The van der Waals surface area contributed by atoms with Crippen LogP contribution in [0.1, 0.15) is 61.9 Å². The van der Waals surface area contributed by atoms with Gasteiger partial charge < -0.3 is 15.2 Å². The molecular formula is C29H35FN4O2. The van der Waals surface area contributed by atoms with Crippen LogP contribution in [0.3, 0.4) is 0 Å². The zero-order valence-electron chi connectivity index (χ0n) is 20.9. The number of hydrogen-bond acceptors (Lipinski definition) is 3. The van der Waals surface area contributed by atoms with Gasteiger partial charge >= 0.3 is 0 Å². The van der Waals surface area contributed by atoms with Gasteiger partial charge in [0.05, 0.1) is 12.0 Å². The molecule has 2 heterocycles. The summed E-state index contributed by atoms with van der Waals surface area (Å²) in [5, 5.41) is 0. The Morgan fingerprint density at radius 3 is 2.47 bits per heavy atom. The summed E-state index contributed by atoms with van der Waals surface area (Å²) in [6.45, 7) is 3.57. The molecule has 1 aromatic heterocycles. The van der Waals surface area contributed by atoms with Crippen molar-refractivity contribution in [2.75, 3.05) is 13.1 Å². The highest BCUT2D eigenvalue weighted by atomic mass is 19.1. The molecule has 1 atom stereocenters. The number of aromatic nitrogens is 2. The van der Waals surface area contributed by atoms with E-state index in [2.05, 4.69) is 36.2 Å². The lowest BCUT2D eigenvalue weighted by Gasteiger charge is -2.52. The van der Waals surface area contributed by atoms with E-state index in [-0.39, 0.29) is 29.5 Å². The predicted molar refractivity (Wildman–Crippen MR) is 138 cm³/mol. The third-order valence-electron chi connectivity index (χ3n) is 7.21. The third kappa shape index (κ3) is 6.01. The van der Waals surface area contributed by atoms with Gasteiger partial charge in [-0.3, -0.25) is 9.59 Å². The fourth-order valence-electron chi connectivity index (χ4n) is 5.14. The summed E-state index contributed by atoms with van der Waals surface area (Å²) in [4.78, 5) is 31.4. The largest absolute Gasteiger partial charge is 0.370 e. The van der Waals surface area contributed by atoms with Gasteiger partial charge in [-0.2, -0.15) is 0 Å². The van der Waals surface area contributed by atoms with E-state index in [0.717, 1.165) is 24.8 Å². The van der Waals surface area contributed by atoms with Crippen LogP contribution in [0.4, 0.5) is 4.39 Å². The molecule has 0 radical (unpaired) electrons. The summed E-state index contributed by atoms with van der Waals surface area (Å²) in [5.41, 5.74) is 8.15. The Labute approximate surface area is 212 Å². The van der Waals surface area contributed by atoms with Crippen molar-refractivity contribution in [1.82, 2.24) is 14.5 Å². The Morgan fingerprint density at radius 1 is 1.08 bits per heavy atom. The van der Waals surface area contributed by atoms with Crippen LogP contribution in [0.15, 0.2) is 67.1 Å². The van der Waals surface area contributed by atoms with E-state index in [1.807, 2.05) is 21.7 Å². The summed E-state index contributed by atoms with van der Waals surface area (Å²) in [5.74, 6) is -0.662. The van der Waals surface area contributed by atoms with Crippen LogP contribution in [0.25, 0.3) is 0 Å². The van der Waals surface area contributed by atoms with E-state index in [1.54, 1.807) is 18.5 Å². The number of rotatable bonds is 12. The summed E-state index contributed by atoms with van der Waals surface area (Å²) < 4.78 is 15.3. The smallest absolute Gasteiger partial charge is 0.246 e. The van der Waals surface area contributed by atoms with Crippen molar-refractivity contribution in [3.63, 3.8) is 0 Å². The van der Waals surface area contributed by atoms with E-state index in [1.165, 1.54) is 24.1 Å². The molecule has 0 unspecified atom stereocenters. The summed E-state index contributed by atoms with van der Waals surface area (Å²) in [6, 6.07) is 16.3. The predicted octanol–water partition coefficient (Wildman–Crippen LogP) is 4.58. The minimum atomic E-state index is -0.505. The van der Waals surface area contributed by atoms with Gasteiger partial charge in [-0.25, -0.2) is 9.37 Å². The lowest BCUT2D eigenvalue weighted by atomic mass is 9.70. The molecule has 1 saturated heterocycles. The number of aryl methyl sites for hydroxylation is 1. The average molecular weight is 491 g/mol. The molecule has 1 aliphatic rings. The second-order valence-electron chi connectivity index (χ2n) is 9.92. The molecule has 0 spiro atoms. The minimum absolute atomic E-state index is 0.0197. The summed E-state index contributed by atoms with van der Waals surface area (Å²) >= 11 is 0. The number of benzene rings is 2. The van der Waals surface area contributed by atoms with E-state index in [9.17, 15) is 14.0 Å². The Balaban J connectivity index is 1.54.